The molecule has 0 saturated heterocycles. The number of carbonyl (C=O) groups excluding carboxylic acids is 1. The van der Waals surface area contributed by atoms with Crippen molar-refractivity contribution in [2.24, 2.45) is 0 Å². The van der Waals surface area contributed by atoms with Gasteiger partial charge in [-0.15, -0.1) is 0 Å². The van der Waals surface area contributed by atoms with Gasteiger partial charge in [0.15, 0.2) is 0 Å². The standard InChI is InChI=1S/C21H22N4O3/c1-13-9-14(2)11-15(10-13)23-21-22-8-7-18(25-21)20(26)24-17-6-5-16(27-3)12-19(17)28-4/h5-12H,1-4H3,(H,24,26)(H,22,23,25). The van der Waals surface area contributed by atoms with Crippen LogP contribution < -0.4 is 20.1 Å². The molecule has 144 valence electrons. The number of carbonyl (C=O) groups is 1. The molecule has 0 spiro atoms. The van der Waals surface area contributed by atoms with Crippen LogP contribution in [0.2, 0.25) is 0 Å². The Morgan fingerprint density at radius 3 is 2.39 bits per heavy atom. The minimum Gasteiger partial charge on any atom is -0.497 e. The highest BCUT2D eigenvalue weighted by Crippen LogP contribution is 2.29. The summed E-state index contributed by atoms with van der Waals surface area (Å²) >= 11 is 0. The molecule has 3 aromatic rings. The van der Waals surface area contributed by atoms with Gasteiger partial charge in [-0.3, -0.25) is 4.79 Å². The molecule has 7 nitrogen and oxygen atoms in total. The molecule has 0 unspecified atom stereocenters. The molecular weight excluding hydrogens is 356 g/mol. The van der Waals surface area contributed by atoms with Crippen LogP contribution in [0.1, 0.15) is 21.6 Å². The highest BCUT2D eigenvalue weighted by Gasteiger charge is 2.13. The van der Waals surface area contributed by atoms with Crippen LogP contribution >= 0.6 is 0 Å². The van der Waals surface area contributed by atoms with Gasteiger partial charge in [0.1, 0.15) is 17.2 Å². The first-order valence-electron chi connectivity index (χ1n) is 8.70. The number of amides is 1. The lowest BCUT2D eigenvalue weighted by Gasteiger charge is -2.12. The zero-order valence-electron chi connectivity index (χ0n) is 16.2. The Bertz CT molecular complexity index is 984. The zero-order chi connectivity index (χ0) is 20.1. The summed E-state index contributed by atoms with van der Waals surface area (Å²) < 4.78 is 10.5. The molecule has 0 radical (unpaired) electrons. The van der Waals surface area contributed by atoms with Crippen LogP contribution in [0, 0.1) is 13.8 Å². The summed E-state index contributed by atoms with van der Waals surface area (Å²) in [5, 5.41) is 5.94. The second-order valence-corrected chi connectivity index (χ2v) is 6.29. The normalized spacial score (nSPS) is 10.3. The smallest absolute Gasteiger partial charge is 0.274 e. The van der Waals surface area contributed by atoms with E-state index in [1.807, 2.05) is 26.0 Å². The number of ether oxygens (including phenoxy) is 2. The van der Waals surface area contributed by atoms with Gasteiger partial charge in [0.2, 0.25) is 5.95 Å². The van der Waals surface area contributed by atoms with Gasteiger partial charge >= 0.3 is 0 Å². The monoisotopic (exact) mass is 378 g/mol. The predicted octanol–water partition coefficient (Wildman–Crippen LogP) is 4.11. The number of nitrogens with one attached hydrogen (secondary N) is 2. The number of aryl methyl sites for hydroxylation is 2. The van der Waals surface area contributed by atoms with Gasteiger partial charge < -0.3 is 20.1 Å². The van der Waals surface area contributed by atoms with E-state index in [9.17, 15) is 4.79 Å². The summed E-state index contributed by atoms with van der Waals surface area (Å²) in [5.74, 6) is 1.11. The van der Waals surface area contributed by atoms with E-state index in [1.54, 1.807) is 31.4 Å². The van der Waals surface area contributed by atoms with E-state index in [4.69, 9.17) is 9.47 Å². The number of hydrogen-bond donors (Lipinski definition) is 2. The van der Waals surface area contributed by atoms with Crippen molar-refractivity contribution in [3.63, 3.8) is 0 Å². The van der Waals surface area contributed by atoms with Crippen molar-refractivity contribution >= 4 is 23.2 Å². The van der Waals surface area contributed by atoms with E-state index in [0.29, 0.717) is 23.1 Å². The van der Waals surface area contributed by atoms with E-state index >= 15 is 0 Å². The van der Waals surface area contributed by atoms with Crippen LogP contribution in [0.25, 0.3) is 0 Å². The quantitative estimate of drug-likeness (QED) is 0.671. The van der Waals surface area contributed by atoms with Gasteiger partial charge in [-0.25, -0.2) is 9.97 Å². The summed E-state index contributed by atoms with van der Waals surface area (Å²) in [7, 11) is 3.10. The van der Waals surface area contributed by atoms with Crippen molar-refractivity contribution in [2.75, 3.05) is 24.9 Å². The fraction of sp³-hybridized carbons (Fsp3) is 0.190. The fourth-order valence-electron chi connectivity index (χ4n) is 2.81. The minimum atomic E-state index is -0.366. The van der Waals surface area contributed by atoms with Crippen molar-refractivity contribution in [2.45, 2.75) is 13.8 Å². The first kappa shape index (κ1) is 19.2. The van der Waals surface area contributed by atoms with Gasteiger partial charge in [0.05, 0.1) is 19.9 Å². The van der Waals surface area contributed by atoms with Crippen LogP contribution in [-0.2, 0) is 0 Å². The summed E-state index contributed by atoms with van der Waals surface area (Å²) in [6.07, 6.45) is 1.54. The predicted molar refractivity (Wildman–Crippen MR) is 109 cm³/mol. The van der Waals surface area contributed by atoms with Gasteiger partial charge in [0.25, 0.3) is 5.91 Å². The first-order valence-corrected chi connectivity index (χ1v) is 8.70. The van der Waals surface area contributed by atoms with Crippen molar-refractivity contribution in [3.8, 4) is 11.5 Å². The molecule has 2 N–H and O–H groups in total. The van der Waals surface area contributed by atoms with Crippen LogP contribution in [0.5, 0.6) is 11.5 Å². The third-order valence-electron chi connectivity index (χ3n) is 4.02. The van der Waals surface area contributed by atoms with Crippen LogP contribution in [0.3, 0.4) is 0 Å². The lowest BCUT2D eigenvalue weighted by molar-refractivity contribution is 0.102. The van der Waals surface area contributed by atoms with Gasteiger partial charge in [-0.2, -0.15) is 0 Å². The van der Waals surface area contributed by atoms with Gasteiger partial charge in [-0.1, -0.05) is 6.07 Å². The molecule has 0 fully saturated rings. The second kappa shape index (κ2) is 8.39. The SMILES string of the molecule is COc1ccc(NC(=O)c2ccnc(Nc3cc(C)cc(C)c3)n2)c(OC)c1. The van der Waals surface area contributed by atoms with E-state index in [-0.39, 0.29) is 11.6 Å². The maximum Gasteiger partial charge on any atom is 0.274 e. The van der Waals surface area contributed by atoms with Crippen LogP contribution in [-0.4, -0.2) is 30.1 Å². The molecule has 1 amide bonds. The number of aromatic nitrogens is 2. The lowest BCUT2D eigenvalue weighted by atomic mass is 10.1. The number of hydrogen-bond acceptors (Lipinski definition) is 6. The molecule has 1 heterocycles. The van der Waals surface area contributed by atoms with Crippen LogP contribution in [0.4, 0.5) is 17.3 Å². The number of rotatable bonds is 6. The Morgan fingerprint density at radius 1 is 0.964 bits per heavy atom. The Kier molecular flexibility index (Phi) is 5.74. The Morgan fingerprint density at radius 2 is 1.71 bits per heavy atom. The number of nitrogens with zero attached hydrogens (tertiary/aromatic N) is 2. The molecule has 0 aliphatic rings. The molecule has 3 rings (SSSR count). The van der Waals surface area contributed by atoms with Crippen molar-refractivity contribution in [1.82, 2.24) is 9.97 Å². The molecule has 0 aliphatic carbocycles. The summed E-state index contributed by atoms with van der Waals surface area (Å²) in [6.45, 7) is 4.04. The molecule has 0 atom stereocenters. The molecular formula is C21H22N4O3. The highest BCUT2D eigenvalue weighted by atomic mass is 16.5. The summed E-state index contributed by atoms with van der Waals surface area (Å²) in [4.78, 5) is 21.1. The van der Waals surface area contributed by atoms with E-state index < -0.39 is 0 Å². The second-order valence-electron chi connectivity index (χ2n) is 6.29. The van der Waals surface area contributed by atoms with Gasteiger partial charge in [-0.05, 0) is 55.3 Å². The summed E-state index contributed by atoms with van der Waals surface area (Å²) in [5.41, 5.74) is 3.88. The molecule has 2 aromatic carbocycles. The Labute approximate surface area is 163 Å². The third-order valence-corrected chi connectivity index (χ3v) is 4.02. The maximum absolute atomic E-state index is 12.6. The number of methoxy groups -OCH3 is 2. The van der Waals surface area contributed by atoms with Crippen molar-refractivity contribution in [3.05, 3.63) is 65.5 Å². The molecule has 28 heavy (non-hydrogen) atoms. The fourth-order valence-corrected chi connectivity index (χ4v) is 2.81. The minimum absolute atomic E-state index is 0.236. The molecule has 0 saturated carbocycles. The average Bonchev–Trinajstić information content (AvgIpc) is 2.67. The molecule has 7 heteroatoms. The maximum atomic E-state index is 12.6. The molecule has 0 bridgehead atoms. The third kappa shape index (κ3) is 4.56. The number of anilines is 3. The van der Waals surface area contributed by atoms with E-state index in [0.717, 1.165) is 16.8 Å². The lowest BCUT2D eigenvalue weighted by Crippen LogP contribution is -2.15. The zero-order valence-corrected chi connectivity index (χ0v) is 16.2. The summed E-state index contributed by atoms with van der Waals surface area (Å²) in [6, 6.07) is 12.8. The topological polar surface area (TPSA) is 85.4 Å². The molecule has 1 aromatic heterocycles. The van der Waals surface area contributed by atoms with Crippen molar-refractivity contribution < 1.29 is 14.3 Å². The van der Waals surface area contributed by atoms with Crippen LogP contribution in [0.15, 0.2) is 48.7 Å². The largest absolute Gasteiger partial charge is 0.497 e. The molecule has 0 aliphatic heterocycles. The number of benzene rings is 2. The highest BCUT2D eigenvalue weighted by molar-refractivity contribution is 6.03. The first-order chi connectivity index (χ1) is 13.5. The van der Waals surface area contributed by atoms with E-state index in [2.05, 4.69) is 26.7 Å². The van der Waals surface area contributed by atoms with Crippen molar-refractivity contribution in [1.29, 1.82) is 0 Å². The Balaban J connectivity index is 1.79. The van der Waals surface area contributed by atoms with Gasteiger partial charge in [0, 0.05) is 18.0 Å². The average molecular weight is 378 g/mol. The Hall–Kier alpha value is -3.61. The van der Waals surface area contributed by atoms with E-state index in [1.165, 1.54) is 13.3 Å².